The summed E-state index contributed by atoms with van der Waals surface area (Å²) in [7, 11) is 1.64. The lowest BCUT2D eigenvalue weighted by molar-refractivity contribution is 0.0929. The summed E-state index contributed by atoms with van der Waals surface area (Å²) in [6.45, 7) is 1.86. The molecule has 0 saturated carbocycles. The van der Waals surface area contributed by atoms with Gasteiger partial charge in [-0.05, 0) is 24.1 Å². The van der Waals surface area contributed by atoms with Gasteiger partial charge in [0.25, 0.3) is 5.91 Å². The number of rotatable bonds is 5. The molecule has 0 aliphatic rings. The monoisotopic (exact) mass is 338 g/mol. The first-order valence-corrected chi connectivity index (χ1v) is 7.77. The Labute approximate surface area is 144 Å². The average molecular weight is 338 g/mol. The van der Waals surface area contributed by atoms with Gasteiger partial charge in [0.2, 0.25) is 5.82 Å². The first kappa shape index (κ1) is 16.5. The van der Waals surface area contributed by atoms with Gasteiger partial charge in [0.1, 0.15) is 5.75 Å². The lowest BCUT2D eigenvalue weighted by Gasteiger charge is -2.14. The highest BCUT2D eigenvalue weighted by Crippen LogP contribution is 2.30. The summed E-state index contributed by atoms with van der Waals surface area (Å²) >= 11 is 0. The molecule has 1 unspecified atom stereocenters. The van der Waals surface area contributed by atoms with E-state index in [2.05, 4.69) is 20.5 Å². The summed E-state index contributed by atoms with van der Waals surface area (Å²) in [6.07, 6.45) is 0. The maximum atomic E-state index is 12.0. The van der Waals surface area contributed by atoms with Gasteiger partial charge in [-0.2, -0.15) is 0 Å². The zero-order chi connectivity index (χ0) is 17.8. The number of nitrogens with zero attached hydrogens (tertiary/aromatic N) is 1. The summed E-state index contributed by atoms with van der Waals surface area (Å²) in [5.74, 6) is 0.321. The zero-order valence-corrected chi connectivity index (χ0v) is 13.9. The van der Waals surface area contributed by atoms with E-state index in [-0.39, 0.29) is 11.9 Å². The molecule has 2 aromatic carbocycles. The molecule has 7 heteroatoms. The van der Waals surface area contributed by atoms with E-state index in [1.807, 2.05) is 55.5 Å². The fraction of sp³-hybridized carbons (Fsp3) is 0.167. The first-order chi connectivity index (χ1) is 12.1. The van der Waals surface area contributed by atoms with E-state index in [0.717, 1.165) is 22.4 Å². The number of carbonyl (C=O) groups excluding carboxylic acids is 1. The minimum absolute atomic E-state index is 0.0394. The van der Waals surface area contributed by atoms with Crippen molar-refractivity contribution in [1.29, 1.82) is 0 Å². The summed E-state index contributed by atoms with van der Waals surface area (Å²) < 4.78 is 5.39. The second kappa shape index (κ2) is 7.04. The highest BCUT2D eigenvalue weighted by Gasteiger charge is 2.14. The lowest BCUT2D eigenvalue weighted by Crippen LogP contribution is -2.27. The van der Waals surface area contributed by atoms with Gasteiger partial charge >= 0.3 is 5.69 Å². The van der Waals surface area contributed by atoms with Crippen molar-refractivity contribution in [2.45, 2.75) is 13.0 Å². The molecule has 0 aliphatic heterocycles. The molecule has 1 atom stereocenters. The number of carbonyl (C=O) groups is 1. The molecule has 3 aromatic rings. The van der Waals surface area contributed by atoms with Crippen LogP contribution in [0.4, 0.5) is 0 Å². The average Bonchev–Trinajstić information content (AvgIpc) is 3.08. The maximum absolute atomic E-state index is 12.0. The van der Waals surface area contributed by atoms with Crippen LogP contribution in [0.1, 0.15) is 29.1 Å². The minimum Gasteiger partial charge on any atom is -0.496 e. The molecule has 0 fully saturated rings. The van der Waals surface area contributed by atoms with E-state index < -0.39 is 11.6 Å². The molecule has 1 heterocycles. The summed E-state index contributed by atoms with van der Waals surface area (Å²) in [4.78, 5) is 25.4. The Morgan fingerprint density at radius 3 is 2.52 bits per heavy atom. The lowest BCUT2D eigenvalue weighted by atomic mass is 10.0. The Morgan fingerprint density at radius 2 is 1.88 bits per heavy atom. The van der Waals surface area contributed by atoms with Crippen LogP contribution in [0, 0.1) is 0 Å². The van der Waals surface area contributed by atoms with Crippen molar-refractivity contribution in [2.75, 3.05) is 7.11 Å². The van der Waals surface area contributed by atoms with E-state index >= 15 is 0 Å². The second-order valence-corrected chi connectivity index (χ2v) is 5.54. The van der Waals surface area contributed by atoms with E-state index in [4.69, 9.17) is 4.74 Å². The van der Waals surface area contributed by atoms with Crippen LogP contribution in [0.3, 0.4) is 0 Å². The van der Waals surface area contributed by atoms with Gasteiger partial charge in [0.05, 0.1) is 13.2 Å². The van der Waals surface area contributed by atoms with Gasteiger partial charge in [-0.1, -0.05) is 42.5 Å². The number of hydrogen-bond donors (Lipinski definition) is 3. The molecule has 0 bridgehead atoms. The van der Waals surface area contributed by atoms with Crippen LogP contribution in [0.2, 0.25) is 0 Å². The molecule has 0 aliphatic carbocycles. The highest BCUT2D eigenvalue weighted by molar-refractivity contribution is 5.90. The molecule has 0 spiro atoms. The summed E-state index contributed by atoms with van der Waals surface area (Å²) in [6, 6.07) is 15.4. The number of amides is 1. The number of hydrogen-bond acceptors (Lipinski definition) is 4. The van der Waals surface area contributed by atoms with E-state index in [9.17, 15) is 9.59 Å². The standard InChI is InChI=1S/C18H18N4O3/c1-11(19-17(23)16-20-18(24)22-21-16)12-7-9-13(10-8-12)14-5-3-4-6-15(14)25-2/h3-11H,1-2H3,(H,19,23)(H2,20,21,22,24). The Morgan fingerprint density at radius 1 is 1.16 bits per heavy atom. The second-order valence-electron chi connectivity index (χ2n) is 5.54. The number of methoxy groups -OCH3 is 1. The fourth-order valence-corrected chi connectivity index (χ4v) is 2.56. The van der Waals surface area contributed by atoms with E-state index in [0.29, 0.717) is 0 Å². The molecule has 1 aromatic heterocycles. The number of ether oxygens (including phenoxy) is 1. The Balaban J connectivity index is 1.75. The van der Waals surface area contributed by atoms with Gasteiger partial charge in [-0.3, -0.25) is 9.78 Å². The molecular formula is C18H18N4O3. The van der Waals surface area contributed by atoms with Crippen LogP contribution in [-0.2, 0) is 0 Å². The number of aromatic nitrogens is 3. The third-order valence-corrected chi connectivity index (χ3v) is 3.89. The predicted molar refractivity (Wildman–Crippen MR) is 93.5 cm³/mol. The topological polar surface area (TPSA) is 99.9 Å². The molecule has 3 N–H and O–H groups in total. The van der Waals surface area contributed by atoms with E-state index in [1.165, 1.54) is 0 Å². The Hall–Kier alpha value is -3.35. The van der Waals surface area contributed by atoms with Gasteiger partial charge in [0.15, 0.2) is 0 Å². The van der Waals surface area contributed by atoms with Gasteiger partial charge in [-0.25, -0.2) is 9.89 Å². The Kier molecular flexibility index (Phi) is 4.65. The Bertz CT molecular complexity index is 928. The number of benzene rings is 2. The van der Waals surface area contributed by atoms with Crippen LogP contribution in [0.5, 0.6) is 5.75 Å². The summed E-state index contributed by atoms with van der Waals surface area (Å²) in [5, 5.41) is 8.57. The third kappa shape index (κ3) is 3.60. The van der Waals surface area contributed by atoms with Gasteiger partial charge in [0, 0.05) is 5.56 Å². The zero-order valence-electron chi connectivity index (χ0n) is 13.9. The van der Waals surface area contributed by atoms with Crippen LogP contribution in [0.15, 0.2) is 53.3 Å². The van der Waals surface area contributed by atoms with Crippen LogP contribution >= 0.6 is 0 Å². The van der Waals surface area contributed by atoms with Crippen molar-refractivity contribution in [3.05, 3.63) is 70.4 Å². The van der Waals surface area contributed by atoms with E-state index in [1.54, 1.807) is 7.11 Å². The third-order valence-electron chi connectivity index (χ3n) is 3.89. The largest absolute Gasteiger partial charge is 0.496 e. The van der Waals surface area contributed by atoms with Crippen molar-refractivity contribution in [3.8, 4) is 16.9 Å². The van der Waals surface area contributed by atoms with Crippen molar-refractivity contribution >= 4 is 5.91 Å². The quantitative estimate of drug-likeness (QED) is 0.664. The number of H-pyrrole nitrogens is 2. The van der Waals surface area contributed by atoms with Crippen LogP contribution in [-0.4, -0.2) is 28.2 Å². The van der Waals surface area contributed by atoms with Crippen molar-refractivity contribution in [1.82, 2.24) is 20.5 Å². The molecule has 3 rings (SSSR count). The predicted octanol–water partition coefficient (Wildman–Crippen LogP) is 2.26. The number of aromatic amines is 2. The first-order valence-electron chi connectivity index (χ1n) is 7.77. The molecule has 0 radical (unpaired) electrons. The highest BCUT2D eigenvalue weighted by atomic mass is 16.5. The minimum atomic E-state index is -0.515. The molecule has 7 nitrogen and oxygen atoms in total. The van der Waals surface area contributed by atoms with Crippen molar-refractivity contribution in [2.24, 2.45) is 0 Å². The number of nitrogens with one attached hydrogen (secondary N) is 3. The maximum Gasteiger partial charge on any atom is 0.341 e. The molecule has 25 heavy (non-hydrogen) atoms. The molecule has 0 saturated heterocycles. The fourth-order valence-electron chi connectivity index (χ4n) is 2.56. The van der Waals surface area contributed by atoms with Crippen LogP contribution < -0.4 is 15.7 Å². The van der Waals surface area contributed by atoms with Gasteiger partial charge in [-0.15, -0.1) is 5.10 Å². The molecular weight excluding hydrogens is 320 g/mol. The van der Waals surface area contributed by atoms with Crippen LogP contribution in [0.25, 0.3) is 11.1 Å². The molecule has 1 amide bonds. The van der Waals surface area contributed by atoms with Gasteiger partial charge < -0.3 is 10.1 Å². The molecule has 128 valence electrons. The normalized spacial score (nSPS) is 11.8. The smallest absolute Gasteiger partial charge is 0.341 e. The van der Waals surface area contributed by atoms with Crippen molar-refractivity contribution < 1.29 is 9.53 Å². The SMILES string of the molecule is COc1ccccc1-c1ccc(C(C)NC(=O)c2n[nH]c(=O)[nH]2)cc1. The summed E-state index contributed by atoms with van der Waals surface area (Å²) in [5.41, 5.74) is 2.45. The number of para-hydroxylation sites is 1. The van der Waals surface area contributed by atoms with Crippen molar-refractivity contribution in [3.63, 3.8) is 0 Å².